The minimum atomic E-state index is -0.390. The van der Waals surface area contributed by atoms with Gasteiger partial charge >= 0.3 is 0 Å². The smallest absolute Gasteiger partial charge is 0.227 e. The summed E-state index contributed by atoms with van der Waals surface area (Å²) in [4.78, 5) is 12.0. The third kappa shape index (κ3) is 4.67. The number of carbonyl (C=O) groups excluding carboxylic acids is 1. The Labute approximate surface area is 156 Å². The largest absolute Gasteiger partial charge is 0.309 e. The number of carbonyl (C=O) groups is 1. The van der Waals surface area contributed by atoms with Gasteiger partial charge in [-0.3, -0.25) is 14.2 Å². The Morgan fingerprint density at radius 2 is 2.16 bits per heavy atom. The maximum atomic E-state index is 13.8. The van der Waals surface area contributed by atoms with Crippen LogP contribution in [0.2, 0.25) is 5.02 Å². The number of aryl methyl sites for hydroxylation is 1. The Bertz CT molecular complexity index is 874. The Morgan fingerprint density at radius 1 is 1.32 bits per heavy atom. The zero-order valence-corrected chi connectivity index (χ0v) is 15.3. The molecule has 2 heterocycles. The minimum absolute atomic E-state index is 0.180. The zero-order valence-electron chi connectivity index (χ0n) is 13.0. The third-order valence-electron chi connectivity index (χ3n) is 3.46. The average Bonchev–Trinajstić information content (AvgIpc) is 3.18. The SMILES string of the molecule is O=C(CCn1cc(Br)cn1)Nc1ccn(Cc2c(F)cccc2Cl)n1. The summed E-state index contributed by atoms with van der Waals surface area (Å²) in [6, 6.07) is 6.17. The van der Waals surface area contributed by atoms with E-state index in [1.807, 2.05) is 0 Å². The number of hydrogen-bond donors (Lipinski definition) is 1. The van der Waals surface area contributed by atoms with Crippen molar-refractivity contribution in [2.75, 3.05) is 5.32 Å². The maximum absolute atomic E-state index is 13.8. The first-order valence-electron chi connectivity index (χ1n) is 7.45. The molecule has 0 unspecified atom stereocenters. The van der Waals surface area contributed by atoms with Crippen LogP contribution in [0.5, 0.6) is 0 Å². The molecule has 0 bridgehead atoms. The van der Waals surface area contributed by atoms with Gasteiger partial charge in [0.1, 0.15) is 5.82 Å². The van der Waals surface area contributed by atoms with E-state index in [9.17, 15) is 9.18 Å². The molecule has 1 amide bonds. The number of nitrogens with one attached hydrogen (secondary N) is 1. The molecule has 130 valence electrons. The van der Waals surface area contributed by atoms with Crippen LogP contribution in [0.15, 0.2) is 47.3 Å². The quantitative estimate of drug-likeness (QED) is 0.653. The maximum Gasteiger partial charge on any atom is 0.227 e. The van der Waals surface area contributed by atoms with Crippen molar-refractivity contribution >= 4 is 39.3 Å². The first-order valence-corrected chi connectivity index (χ1v) is 8.62. The standard InChI is InChI=1S/C16H14BrClFN5O/c17-11-8-20-23(9-11)7-5-16(25)21-15-4-6-24(22-15)10-12-13(18)2-1-3-14(12)19/h1-4,6,8-9H,5,7,10H2,(H,21,22,25). The van der Waals surface area contributed by atoms with Gasteiger partial charge in [-0.05, 0) is 28.1 Å². The van der Waals surface area contributed by atoms with Gasteiger partial charge in [0.15, 0.2) is 5.82 Å². The zero-order chi connectivity index (χ0) is 17.8. The van der Waals surface area contributed by atoms with Crippen molar-refractivity contribution in [3.8, 4) is 0 Å². The summed E-state index contributed by atoms with van der Waals surface area (Å²) in [5.41, 5.74) is 0.356. The van der Waals surface area contributed by atoms with Crippen LogP contribution < -0.4 is 5.32 Å². The second-order valence-corrected chi connectivity index (χ2v) is 6.64. The van der Waals surface area contributed by atoms with Gasteiger partial charge in [-0.25, -0.2) is 4.39 Å². The predicted molar refractivity (Wildman–Crippen MR) is 95.9 cm³/mol. The van der Waals surface area contributed by atoms with E-state index in [0.29, 0.717) is 22.9 Å². The summed E-state index contributed by atoms with van der Waals surface area (Å²) in [6.07, 6.45) is 5.37. The van der Waals surface area contributed by atoms with Crippen molar-refractivity contribution < 1.29 is 9.18 Å². The molecule has 0 saturated carbocycles. The second-order valence-electron chi connectivity index (χ2n) is 5.32. The van der Waals surface area contributed by atoms with Gasteiger partial charge in [-0.1, -0.05) is 17.7 Å². The van der Waals surface area contributed by atoms with E-state index in [1.54, 1.807) is 41.5 Å². The van der Waals surface area contributed by atoms with E-state index in [2.05, 4.69) is 31.4 Å². The Hall–Kier alpha value is -2.19. The van der Waals surface area contributed by atoms with E-state index in [1.165, 1.54) is 10.7 Å². The Balaban J connectivity index is 1.57. The lowest BCUT2D eigenvalue weighted by atomic mass is 10.2. The van der Waals surface area contributed by atoms with E-state index >= 15 is 0 Å². The molecular formula is C16H14BrClFN5O. The molecule has 0 fully saturated rings. The number of halogens is 3. The van der Waals surface area contributed by atoms with Crippen molar-refractivity contribution in [3.05, 3.63) is 63.7 Å². The number of benzene rings is 1. The van der Waals surface area contributed by atoms with Crippen LogP contribution >= 0.6 is 27.5 Å². The molecule has 25 heavy (non-hydrogen) atoms. The average molecular weight is 427 g/mol. The predicted octanol–water partition coefficient (Wildman–Crippen LogP) is 3.71. The molecule has 6 nitrogen and oxygen atoms in total. The van der Waals surface area contributed by atoms with Gasteiger partial charge in [0.2, 0.25) is 5.91 Å². The molecule has 0 aliphatic heterocycles. The molecule has 1 N–H and O–H groups in total. The number of hydrogen-bond acceptors (Lipinski definition) is 3. The first-order chi connectivity index (χ1) is 12.0. The highest BCUT2D eigenvalue weighted by Gasteiger charge is 2.10. The molecule has 1 aromatic carbocycles. The van der Waals surface area contributed by atoms with Crippen LogP contribution in [-0.2, 0) is 17.9 Å². The van der Waals surface area contributed by atoms with E-state index in [4.69, 9.17) is 11.6 Å². The van der Waals surface area contributed by atoms with E-state index in [-0.39, 0.29) is 24.7 Å². The second kappa shape index (κ2) is 7.79. The molecule has 0 aliphatic rings. The minimum Gasteiger partial charge on any atom is -0.309 e. The van der Waals surface area contributed by atoms with Gasteiger partial charge in [0.05, 0.1) is 17.2 Å². The summed E-state index contributed by atoms with van der Waals surface area (Å²) in [7, 11) is 0. The summed E-state index contributed by atoms with van der Waals surface area (Å²) in [6.45, 7) is 0.645. The van der Waals surface area contributed by atoms with Crippen LogP contribution in [0.3, 0.4) is 0 Å². The molecule has 0 atom stereocenters. The van der Waals surface area contributed by atoms with Gasteiger partial charge in [-0.15, -0.1) is 0 Å². The number of amides is 1. The van der Waals surface area contributed by atoms with Gasteiger partial charge in [0, 0.05) is 42.0 Å². The molecule has 0 saturated heterocycles. The van der Waals surface area contributed by atoms with Gasteiger partial charge in [-0.2, -0.15) is 10.2 Å². The topological polar surface area (TPSA) is 64.7 Å². The summed E-state index contributed by atoms with van der Waals surface area (Å²) in [5.74, 6) is -0.168. The van der Waals surface area contributed by atoms with Gasteiger partial charge in [0.25, 0.3) is 0 Å². The number of rotatable bonds is 6. The number of aromatic nitrogens is 4. The van der Waals surface area contributed by atoms with Crippen LogP contribution in [0.1, 0.15) is 12.0 Å². The molecule has 9 heteroatoms. The molecule has 3 rings (SSSR count). The highest BCUT2D eigenvalue weighted by Crippen LogP contribution is 2.20. The van der Waals surface area contributed by atoms with Crippen molar-refractivity contribution in [2.24, 2.45) is 0 Å². The molecule has 3 aromatic rings. The van der Waals surface area contributed by atoms with Crippen molar-refractivity contribution in [2.45, 2.75) is 19.5 Å². The third-order valence-corrected chi connectivity index (χ3v) is 4.22. The lowest BCUT2D eigenvalue weighted by molar-refractivity contribution is -0.116. The highest BCUT2D eigenvalue weighted by atomic mass is 79.9. The highest BCUT2D eigenvalue weighted by molar-refractivity contribution is 9.10. The molecule has 2 aromatic heterocycles. The Morgan fingerprint density at radius 3 is 2.88 bits per heavy atom. The lowest BCUT2D eigenvalue weighted by Crippen LogP contribution is -2.15. The van der Waals surface area contributed by atoms with Crippen LogP contribution in [0.4, 0.5) is 10.2 Å². The monoisotopic (exact) mass is 425 g/mol. The summed E-state index contributed by atoms with van der Waals surface area (Å²) < 4.78 is 17.9. The fraction of sp³-hybridized carbons (Fsp3) is 0.188. The van der Waals surface area contributed by atoms with Crippen LogP contribution in [-0.4, -0.2) is 25.5 Å². The van der Waals surface area contributed by atoms with Crippen molar-refractivity contribution in [1.82, 2.24) is 19.6 Å². The number of nitrogens with zero attached hydrogens (tertiary/aromatic N) is 4. The molecule has 0 spiro atoms. The van der Waals surface area contributed by atoms with Crippen LogP contribution in [0.25, 0.3) is 0 Å². The summed E-state index contributed by atoms with van der Waals surface area (Å²) >= 11 is 9.31. The molecule has 0 radical (unpaired) electrons. The Kier molecular flexibility index (Phi) is 5.50. The van der Waals surface area contributed by atoms with Gasteiger partial charge < -0.3 is 5.32 Å². The molecule has 0 aliphatic carbocycles. The van der Waals surface area contributed by atoms with Crippen molar-refractivity contribution in [1.29, 1.82) is 0 Å². The normalized spacial score (nSPS) is 10.8. The lowest BCUT2D eigenvalue weighted by Gasteiger charge is -2.06. The summed E-state index contributed by atoms with van der Waals surface area (Å²) in [5, 5.41) is 11.3. The van der Waals surface area contributed by atoms with Crippen molar-refractivity contribution in [3.63, 3.8) is 0 Å². The fourth-order valence-corrected chi connectivity index (χ4v) is 2.79. The fourth-order valence-electron chi connectivity index (χ4n) is 2.24. The van der Waals surface area contributed by atoms with E-state index < -0.39 is 0 Å². The first kappa shape index (κ1) is 17.6. The number of anilines is 1. The molecular weight excluding hydrogens is 413 g/mol. The van der Waals surface area contributed by atoms with Crippen LogP contribution in [0, 0.1) is 5.82 Å². The van der Waals surface area contributed by atoms with E-state index in [0.717, 1.165) is 4.47 Å².